The Hall–Kier alpha value is -2.86. The predicted octanol–water partition coefficient (Wildman–Crippen LogP) is 4.09. The molecule has 0 unspecified atom stereocenters. The molecule has 1 saturated carbocycles. The van der Waals surface area contributed by atoms with E-state index in [0.717, 1.165) is 50.6 Å². The third-order valence-corrected chi connectivity index (χ3v) is 8.52. The van der Waals surface area contributed by atoms with Crippen LogP contribution in [0.25, 0.3) is 0 Å². The molecule has 6 nitrogen and oxygen atoms in total. The Balaban J connectivity index is 1.21. The molecule has 6 heteroatoms. The van der Waals surface area contributed by atoms with Crippen molar-refractivity contribution in [3.63, 3.8) is 0 Å². The summed E-state index contributed by atoms with van der Waals surface area (Å²) in [6.07, 6.45) is 5.70. The molecule has 1 aliphatic carbocycles. The maximum absolute atomic E-state index is 13.1. The molecule has 0 radical (unpaired) electrons. The van der Waals surface area contributed by atoms with Crippen molar-refractivity contribution >= 4 is 11.9 Å². The van der Waals surface area contributed by atoms with Crippen LogP contribution >= 0.6 is 0 Å². The van der Waals surface area contributed by atoms with Gasteiger partial charge in [0.2, 0.25) is 0 Å². The van der Waals surface area contributed by atoms with E-state index in [2.05, 4.69) is 59.5 Å². The highest BCUT2D eigenvalue weighted by Crippen LogP contribution is 2.46. The minimum atomic E-state index is -0.137. The maximum Gasteiger partial charge on any atom is 0.318 e. The van der Waals surface area contributed by atoms with Crippen molar-refractivity contribution in [2.45, 2.75) is 55.6 Å². The van der Waals surface area contributed by atoms with Crippen LogP contribution in [0.1, 0.15) is 54.4 Å². The van der Waals surface area contributed by atoms with Crippen molar-refractivity contribution in [3.05, 3.63) is 71.8 Å². The lowest BCUT2D eigenvalue weighted by Crippen LogP contribution is -2.54. The zero-order valence-corrected chi connectivity index (χ0v) is 20.4. The Kier molecular flexibility index (Phi) is 6.11. The predicted molar refractivity (Wildman–Crippen MR) is 134 cm³/mol. The first-order valence-corrected chi connectivity index (χ1v) is 12.6. The van der Waals surface area contributed by atoms with Gasteiger partial charge in [-0.2, -0.15) is 0 Å². The van der Waals surface area contributed by atoms with Gasteiger partial charge in [-0.3, -0.25) is 9.69 Å². The highest BCUT2D eigenvalue weighted by molar-refractivity contribution is 5.94. The molecule has 5 rings (SSSR count). The van der Waals surface area contributed by atoms with Crippen LogP contribution in [0.15, 0.2) is 60.7 Å². The molecule has 2 saturated heterocycles. The topological polar surface area (TPSA) is 55.9 Å². The van der Waals surface area contributed by atoms with E-state index in [9.17, 15) is 9.59 Å². The Bertz CT molecular complexity index is 1010. The number of nitrogens with one attached hydrogen (secondary N) is 1. The van der Waals surface area contributed by atoms with Crippen molar-refractivity contribution in [1.82, 2.24) is 20.0 Å². The van der Waals surface area contributed by atoms with Crippen LogP contribution in [0.4, 0.5) is 4.79 Å². The second kappa shape index (κ2) is 9.06. The Morgan fingerprint density at radius 3 is 2.09 bits per heavy atom. The highest BCUT2D eigenvalue weighted by Gasteiger charge is 2.51. The zero-order valence-electron chi connectivity index (χ0n) is 20.4. The van der Waals surface area contributed by atoms with Gasteiger partial charge in [0, 0.05) is 36.8 Å². The van der Waals surface area contributed by atoms with Crippen molar-refractivity contribution < 1.29 is 9.59 Å². The number of benzene rings is 2. The summed E-state index contributed by atoms with van der Waals surface area (Å²) in [7, 11) is 4.35. The van der Waals surface area contributed by atoms with Crippen LogP contribution in [0.3, 0.4) is 0 Å². The van der Waals surface area contributed by atoms with E-state index >= 15 is 0 Å². The first-order chi connectivity index (χ1) is 16.4. The number of hydrogen-bond acceptors (Lipinski definition) is 3. The number of piperidine rings is 1. The molecule has 3 amide bonds. The van der Waals surface area contributed by atoms with Crippen LogP contribution in [-0.4, -0.2) is 71.9 Å². The lowest BCUT2D eigenvalue weighted by Gasteiger charge is -2.49. The number of carbonyl (C=O) groups excluding carboxylic acids is 2. The molecule has 2 aromatic carbocycles. The molecule has 180 valence electrons. The van der Waals surface area contributed by atoms with Crippen LogP contribution in [-0.2, 0) is 5.54 Å². The van der Waals surface area contributed by atoms with Crippen LogP contribution in [0, 0.1) is 0 Å². The summed E-state index contributed by atoms with van der Waals surface area (Å²) < 4.78 is 0. The van der Waals surface area contributed by atoms with Crippen LogP contribution < -0.4 is 5.32 Å². The van der Waals surface area contributed by atoms with Gasteiger partial charge < -0.3 is 15.1 Å². The summed E-state index contributed by atoms with van der Waals surface area (Å²) in [6, 6.07) is 20.6. The second-order valence-electron chi connectivity index (χ2n) is 10.5. The summed E-state index contributed by atoms with van der Waals surface area (Å²) in [5.74, 6) is 0.0922. The number of urea groups is 1. The zero-order chi connectivity index (χ0) is 23.8. The number of rotatable bonds is 4. The number of amides is 3. The second-order valence-corrected chi connectivity index (χ2v) is 10.5. The molecule has 1 N–H and O–H groups in total. The average molecular weight is 461 g/mol. The van der Waals surface area contributed by atoms with E-state index in [4.69, 9.17) is 0 Å². The van der Waals surface area contributed by atoms with Gasteiger partial charge in [-0.25, -0.2) is 4.79 Å². The quantitative estimate of drug-likeness (QED) is 0.748. The number of hydrogen-bond donors (Lipinski definition) is 1. The molecular formula is C28H36N4O2. The van der Waals surface area contributed by atoms with E-state index in [-0.39, 0.29) is 29.1 Å². The smallest absolute Gasteiger partial charge is 0.318 e. The molecule has 2 aromatic rings. The van der Waals surface area contributed by atoms with Crippen molar-refractivity contribution in [2.75, 3.05) is 33.7 Å². The van der Waals surface area contributed by atoms with Gasteiger partial charge in [0.05, 0.1) is 5.54 Å². The third-order valence-electron chi connectivity index (χ3n) is 8.52. The number of nitrogens with zero attached hydrogens (tertiary/aromatic N) is 3. The standard InChI is InChI=1S/C28H36N4O2/c1-30(2)28(23-11-7-4-8-12-23)17-15-27(16-18-28)21-32(26(34)29-27)24-13-19-31(20-14-24)25(33)22-9-5-3-6-10-22/h3-12,24H,13-21H2,1-2H3,(H,29,34)/t27-,28-. The van der Waals surface area contributed by atoms with Crippen LogP contribution in [0.2, 0.25) is 0 Å². The number of carbonyl (C=O) groups is 2. The van der Waals surface area contributed by atoms with E-state index in [1.54, 1.807) is 0 Å². The molecule has 2 aliphatic heterocycles. The molecule has 2 heterocycles. The fourth-order valence-corrected chi connectivity index (χ4v) is 6.34. The molecule has 3 aliphatic rings. The largest absolute Gasteiger partial charge is 0.338 e. The van der Waals surface area contributed by atoms with Gasteiger partial charge in [0.1, 0.15) is 0 Å². The van der Waals surface area contributed by atoms with Crippen molar-refractivity contribution in [3.8, 4) is 0 Å². The highest BCUT2D eigenvalue weighted by atomic mass is 16.2. The Labute approximate surface area is 202 Å². The summed E-state index contributed by atoms with van der Waals surface area (Å²) in [5, 5.41) is 3.39. The normalized spacial score (nSPS) is 27.9. The maximum atomic E-state index is 13.1. The molecule has 1 spiro atoms. The van der Waals surface area contributed by atoms with Gasteiger partial charge in [-0.05, 0) is 70.3 Å². The first kappa shape index (κ1) is 22.9. The molecular weight excluding hydrogens is 424 g/mol. The minimum absolute atomic E-state index is 0.0216. The van der Waals surface area contributed by atoms with E-state index in [1.807, 2.05) is 35.2 Å². The third kappa shape index (κ3) is 4.09. The monoisotopic (exact) mass is 460 g/mol. The van der Waals surface area contributed by atoms with Gasteiger partial charge >= 0.3 is 6.03 Å². The van der Waals surface area contributed by atoms with E-state index in [0.29, 0.717) is 13.1 Å². The van der Waals surface area contributed by atoms with E-state index in [1.165, 1.54) is 5.56 Å². The lowest BCUT2D eigenvalue weighted by molar-refractivity contribution is 0.0551. The Morgan fingerprint density at radius 2 is 1.50 bits per heavy atom. The molecule has 0 atom stereocenters. The summed E-state index contributed by atoms with van der Waals surface area (Å²) in [5.41, 5.74) is 1.99. The lowest BCUT2D eigenvalue weighted by atomic mass is 9.69. The summed E-state index contributed by atoms with van der Waals surface area (Å²) >= 11 is 0. The van der Waals surface area contributed by atoms with Gasteiger partial charge in [-0.1, -0.05) is 48.5 Å². The molecule has 0 bridgehead atoms. The average Bonchev–Trinajstić information content (AvgIpc) is 3.20. The Morgan fingerprint density at radius 1 is 0.912 bits per heavy atom. The first-order valence-electron chi connectivity index (χ1n) is 12.6. The molecule has 3 fully saturated rings. The van der Waals surface area contributed by atoms with Gasteiger partial charge in [0.25, 0.3) is 5.91 Å². The van der Waals surface area contributed by atoms with Crippen LogP contribution in [0.5, 0.6) is 0 Å². The van der Waals surface area contributed by atoms with Gasteiger partial charge in [0.15, 0.2) is 0 Å². The van der Waals surface area contributed by atoms with Gasteiger partial charge in [-0.15, -0.1) is 0 Å². The fourth-order valence-electron chi connectivity index (χ4n) is 6.34. The summed E-state index contributed by atoms with van der Waals surface area (Å²) in [4.78, 5) is 32.2. The molecule has 34 heavy (non-hydrogen) atoms. The van der Waals surface area contributed by atoms with Crippen molar-refractivity contribution in [1.29, 1.82) is 0 Å². The summed E-state index contributed by atoms with van der Waals surface area (Å²) in [6.45, 7) is 2.18. The molecule has 0 aromatic heterocycles. The van der Waals surface area contributed by atoms with E-state index < -0.39 is 0 Å². The minimum Gasteiger partial charge on any atom is -0.338 e. The van der Waals surface area contributed by atoms with Crippen molar-refractivity contribution in [2.24, 2.45) is 0 Å². The SMILES string of the molecule is CN(C)[C@]1(c2ccccc2)CC[C@@]2(CC1)CN(C1CCN(C(=O)c3ccccc3)CC1)C(=O)N2. The fraction of sp³-hybridized carbons (Fsp3) is 0.500. The number of likely N-dealkylation sites (tertiary alicyclic amines) is 1.